The summed E-state index contributed by atoms with van der Waals surface area (Å²) in [6, 6.07) is 13.4. The lowest BCUT2D eigenvalue weighted by Crippen LogP contribution is -2.35. The largest absolute Gasteiger partial charge is 0.465 e. The van der Waals surface area contributed by atoms with Crippen molar-refractivity contribution in [3.8, 4) is 0 Å². The SMILES string of the molecule is CCOC(=O)CN1CCc2cc(C(=O)Nc3ccc(/C=N/N4CCOCC4)cc3)ccc2C1. The molecule has 174 valence electrons. The summed E-state index contributed by atoms with van der Waals surface area (Å²) in [7, 11) is 0. The predicted octanol–water partition coefficient (Wildman–Crippen LogP) is 2.53. The molecule has 2 aromatic rings. The van der Waals surface area contributed by atoms with E-state index in [0.717, 1.165) is 48.4 Å². The molecule has 0 saturated carbocycles. The van der Waals surface area contributed by atoms with Crippen molar-refractivity contribution in [1.29, 1.82) is 0 Å². The molecule has 2 aliphatic rings. The molecule has 4 rings (SSSR count). The second-order valence-corrected chi connectivity index (χ2v) is 8.14. The van der Waals surface area contributed by atoms with Crippen LogP contribution in [0.1, 0.15) is 34.0 Å². The molecule has 0 aromatic heterocycles. The lowest BCUT2D eigenvalue weighted by Gasteiger charge is -2.28. The molecule has 2 aliphatic heterocycles. The number of benzene rings is 2. The van der Waals surface area contributed by atoms with Gasteiger partial charge in [0.05, 0.1) is 45.7 Å². The fraction of sp³-hybridized carbons (Fsp3) is 0.400. The molecule has 0 atom stereocenters. The van der Waals surface area contributed by atoms with Crippen LogP contribution in [0.3, 0.4) is 0 Å². The first-order chi connectivity index (χ1) is 16.1. The molecular formula is C25H30N4O4. The molecule has 0 bridgehead atoms. The number of hydrogen-bond donors (Lipinski definition) is 1. The first-order valence-corrected chi connectivity index (χ1v) is 11.4. The van der Waals surface area contributed by atoms with Crippen LogP contribution in [0.4, 0.5) is 5.69 Å². The second-order valence-electron chi connectivity index (χ2n) is 8.14. The normalized spacial score (nSPS) is 16.5. The monoisotopic (exact) mass is 450 g/mol. The van der Waals surface area contributed by atoms with Gasteiger partial charge in [-0.3, -0.25) is 19.5 Å². The Balaban J connectivity index is 1.32. The Morgan fingerprint density at radius 1 is 1.09 bits per heavy atom. The first-order valence-electron chi connectivity index (χ1n) is 11.4. The van der Waals surface area contributed by atoms with Crippen molar-refractivity contribution in [2.45, 2.75) is 19.9 Å². The minimum Gasteiger partial charge on any atom is -0.465 e. The van der Waals surface area contributed by atoms with E-state index in [4.69, 9.17) is 9.47 Å². The summed E-state index contributed by atoms with van der Waals surface area (Å²) in [6.45, 7) is 6.96. The van der Waals surface area contributed by atoms with E-state index >= 15 is 0 Å². The number of anilines is 1. The van der Waals surface area contributed by atoms with E-state index in [1.165, 1.54) is 0 Å². The van der Waals surface area contributed by atoms with E-state index in [1.807, 2.05) is 60.6 Å². The van der Waals surface area contributed by atoms with Crippen LogP contribution in [0.5, 0.6) is 0 Å². The van der Waals surface area contributed by atoms with Gasteiger partial charge in [-0.1, -0.05) is 18.2 Å². The summed E-state index contributed by atoms with van der Waals surface area (Å²) in [5.74, 6) is -0.336. The Morgan fingerprint density at radius 3 is 2.64 bits per heavy atom. The molecule has 1 saturated heterocycles. The lowest BCUT2D eigenvalue weighted by molar-refractivity contribution is -0.144. The number of nitrogens with zero attached hydrogens (tertiary/aromatic N) is 3. The van der Waals surface area contributed by atoms with Crippen LogP contribution >= 0.6 is 0 Å². The molecule has 1 fully saturated rings. The molecule has 0 spiro atoms. The molecule has 1 N–H and O–H groups in total. The van der Waals surface area contributed by atoms with Gasteiger partial charge < -0.3 is 14.8 Å². The van der Waals surface area contributed by atoms with E-state index < -0.39 is 0 Å². The summed E-state index contributed by atoms with van der Waals surface area (Å²) in [4.78, 5) is 26.6. The third-order valence-corrected chi connectivity index (χ3v) is 5.74. The van der Waals surface area contributed by atoms with Crippen LogP contribution < -0.4 is 5.32 Å². The second kappa shape index (κ2) is 11.1. The Bertz CT molecular complexity index is 1000. The van der Waals surface area contributed by atoms with Crippen molar-refractivity contribution < 1.29 is 19.1 Å². The number of carbonyl (C=O) groups is 2. The lowest BCUT2D eigenvalue weighted by atomic mass is 9.97. The highest BCUT2D eigenvalue weighted by Gasteiger charge is 2.20. The van der Waals surface area contributed by atoms with Gasteiger partial charge >= 0.3 is 5.97 Å². The number of amides is 1. The number of hydrazone groups is 1. The van der Waals surface area contributed by atoms with Gasteiger partial charge in [0.15, 0.2) is 0 Å². The van der Waals surface area contributed by atoms with Gasteiger partial charge in [0.2, 0.25) is 0 Å². The fourth-order valence-corrected chi connectivity index (χ4v) is 3.95. The molecule has 1 amide bonds. The van der Waals surface area contributed by atoms with E-state index in [-0.39, 0.29) is 11.9 Å². The van der Waals surface area contributed by atoms with Gasteiger partial charge in [0.25, 0.3) is 5.91 Å². The average Bonchev–Trinajstić information content (AvgIpc) is 2.84. The summed E-state index contributed by atoms with van der Waals surface area (Å²) < 4.78 is 10.4. The number of rotatable bonds is 7. The Hall–Kier alpha value is -3.23. The van der Waals surface area contributed by atoms with Crippen LogP contribution in [0, 0.1) is 0 Å². The van der Waals surface area contributed by atoms with Gasteiger partial charge in [0, 0.05) is 24.3 Å². The highest BCUT2D eigenvalue weighted by Crippen LogP contribution is 2.21. The molecular weight excluding hydrogens is 420 g/mol. The Labute approximate surface area is 194 Å². The van der Waals surface area contributed by atoms with Crippen LogP contribution in [0.25, 0.3) is 0 Å². The van der Waals surface area contributed by atoms with Crippen molar-refractivity contribution in [2.24, 2.45) is 5.10 Å². The topological polar surface area (TPSA) is 83.5 Å². The van der Waals surface area contributed by atoms with E-state index in [1.54, 1.807) is 0 Å². The fourth-order valence-electron chi connectivity index (χ4n) is 3.95. The van der Waals surface area contributed by atoms with Crippen molar-refractivity contribution >= 4 is 23.8 Å². The summed E-state index contributed by atoms with van der Waals surface area (Å²) in [5, 5.41) is 9.43. The number of fused-ring (bicyclic) bond motifs is 1. The number of morpholine rings is 1. The summed E-state index contributed by atoms with van der Waals surface area (Å²) >= 11 is 0. The third-order valence-electron chi connectivity index (χ3n) is 5.74. The first kappa shape index (κ1) is 22.9. The van der Waals surface area contributed by atoms with Gasteiger partial charge in [-0.05, 0) is 54.3 Å². The molecule has 33 heavy (non-hydrogen) atoms. The zero-order valence-electron chi connectivity index (χ0n) is 19.0. The third kappa shape index (κ3) is 6.40. The molecule has 2 heterocycles. The number of ether oxygens (including phenoxy) is 2. The zero-order chi connectivity index (χ0) is 23.0. The van der Waals surface area contributed by atoms with Crippen LogP contribution in [0.2, 0.25) is 0 Å². The molecule has 0 radical (unpaired) electrons. The standard InChI is InChI=1S/C25H30N4O4/c1-2-33-24(30)18-28-10-9-20-15-21(5-6-22(20)17-28)25(31)27-23-7-3-19(4-8-23)16-26-29-11-13-32-14-12-29/h3-8,15-16H,2,9-14,17-18H2,1H3,(H,27,31)/b26-16+. The molecule has 0 unspecified atom stereocenters. The maximum absolute atomic E-state index is 12.8. The van der Waals surface area contributed by atoms with Crippen molar-refractivity contribution in [3.05, 3.63) is 64.7 Å². The van der Waals surface area contributed by atoms with Crippen LogP contribution in [0.15, 0.2) is 47.6 Å². The summed E-state index contributed by atoms with van der Waals surface area (Å²) in [6.07, 6.45) is 2.62. The van der Waals surface area contributed by atoms with Crippen molar-refractivity contribution in [3.63, 3.8) is 0 Å². The van der Waals surface area contributed by atoms with Crippen molar-refractivity contribution in [2.75, 3.05) is 51.3 Å². The zero-order valence-corrected chi connectivity index (χ0v) is 19.0. The number of esters is 1. The van der Waals surface area contributed by atoms with E-state index in [0.29, 0.717) is 38.5 Å². The quantitative estimate of drug-likeness (QED) is 0.516. The van der Waals surface area contributed by atoms with Crippen LogP contribution in [-0.2, 0) is 27.2 Å². The van der Waals surface area contributed by atoms with E-state index in [2.05, 4.69) is 15.3 Å². The summed E-state index contributed by atoms with van der Waals surface area (Å²) in [5.41, 5.74) is 4.64. The maximum Gasteiger partial charge on any atom is 0.320 e. The number of nitrogens with one attached hydrogen (secondary N) is 1. The molecule has 8 heteroatoms. The number of hydrogen-bond acceptors (Lipinski definition) is 7. The Morgan fingerprint density at radius 2 is 1.88 bits per heavy atom. The predicted molar refractivity (Wildman–Crippen MR) is 126 cm³/mol. The Kier molecular flexibility index (Phi) is 7.70. The molecule has 8 nitrogen and oxygen atoms in total. The average molecular weight is 451 g/mol. The highest BCUT2D eigenvalue weighted by molar-refractivity contribution is 6.04. The van der Waals surface area contributed by atoms with E-state index in [9.17, 15) is 9.59 Å². The molecule has 2 aromatic carbocycles. The smallest absolute Gasteiger partial charge is 0.320 e. The maximum atomic E-state index is 12.8. The van der Waals surface area contributed by atoms with Crippen molar-refractivity contribution in [1.82, 2.24) is 9.91 Å². The molecule has 0 aliphatic carbocycles. The van der Waals surface area contributed by atoms with Gasteiger partial charge in [-0.2, -0.15) is 5.10 Å². The minimum absolute atomic E-state index is 0.138. The van der Waals surface area contributed by atoms with Gasteiger partial charge in [-0.25, -0.2) is 0 Å². The van der Waals surface area contributed by atoms with Crippen LogP contribution in [-0.4, -0.2) is 74.0 Å². The minimum atomic E-state index is -0.199. The van der Waals surface area contributed by atoms with Gasteiger partial charge in [-0.15, -0.1) is 0 Å². The number of carbonyl (C=O) groups excluding carboxylic acids is 2. The highest BCUT2D eigenvalue weighted by atomic mass is 16.5. The van der Waals surface area contributed by atoms with Gasteiger partial charge in [0.1, 0.15) is 0 Å².